The summed E-state index contributed by atoms with van der Waals surface area (Å²) in [5.74, 6) is -0.515. The second-order valence-electron chi connectivity index (χ2n) is 7.04. The Hall–Kier alpha value is -1.44. The van der Waals surface area contributed by atoms with Crippen molar-refractivity contribution < 1.29 is 31.1 Å². The Morgan fingerprint density at radius 1 is 1.35 bits per heavy atom. The first-order valence-electron chi connectivity index (χ1n) is 9.59. The van der Waals surface area contributed by atoms with E-state index in [1.807, 2.05) is 4.90 Å². The Kier molecular flexibility index (Phi) is 11.2. The number of likely N-dealkylation sites (tertiary alicyclic amines) is 1. The Labute approximate surface area is 194 Å². The summed E-state index contributed by atoms with van der Waals surface area (Å²) in [4.78, 5) is 7.35. The molecule has 2 rings (SSSR count). The molecule has 0 bridgehead atoms. The lowest BCUT2D eigenvalue weighted by Crippen LogP contribution is -2.41. The van der Waals surface area contributed by atoms with E-state index >= 15 is 0 Å². The van der Waals surface area contributed by atoms with Crippen LogP contribution in [-0.4, -0.2) is 68.3 Å². The molecule has 1 N–H and O–H groups in total. The van der Waals surface area contributed by atoms with Crippen molar-refractivity contribution in [2.24, 2.45) is 10.9 Å². The number of rotatable bonds is 8. The fourth-order valence-electron chi connectivity index (χ4n) is 3.51. The lowest BCUT2D eigenvalue weighted by atomic mass is 10.1. The first kappa shape index (κ1) is 27.6. The average molecular weight is 568 g/mol. The molecule has 0 spiro atoms. The Bertz CT molecular complexity index is 719. The molecule has 0 saturated carbocycles. The van der Waals surface area contributed by atoms with Crippen LogP contribution in [0.25, 0.3) is 0 Å². The molecule has 5 nitrogen and oxygen atoms in total. The first-order valence-corrected chi connectivity index (χ1v) is 9.59. The largest absolute Gasteiger partial charge is 0.434 e. The van der Waals surface area contributed by atoms with Crippen LogP contribution in [-0.2, 0) is 6.54 Å². The first-order chi connectivity index (χ1) is 14.1. The van der Waals surface area contributed by atoms with Gasteiger partial charge in [0.15, 0.2) is 5.96 Å². The summed E-state index contributed by atoms with van der Waals surface area (Å²) in [7, 11) is 1.52. The van der Waals surface area contributed by atoms with Crippen LogP contribution < -0.4 is 10.1 Å². The summed E-state index contributed by atoms with van der Waals surface area (Å²) in [6.45, 7) is -0.802. The summed E-state index contributed by atoms with van der Waals surface area (Å²) >= 11 is 0. The van der Waals surface area contributed by atoms with Gasteiger partial charge in [-0.2, -0.15) is 22.0 Å². The quantitative estimate of drug-likeness (QED) is 0.220. The highest BCUT2D eigenvalue weighted by Gasteiger charge is 2.33. The third-order valence-electron chi connectivity index (χ3n) is 4.88. The molecule has 0 aliphatic carbocycles. The van der Waals surface area contributed by atoms with Crippen LogP contribution in [0.15, 0.2) is 23.2 Å². The number of alkyl halides is 5. The molecule has 1 atom stereocenters. The average Bonchev–Trinajstić information content (AvgIpc) is 3.10. The fraction of sp³-hybridized carbons (Fsp3) is 0.632. The molecule has 1 aromatic rings. The Morgan fingerprint density at radius 3 is 2.65 bits per heavy atom. The van der Waals surface area contributed by atoms with Crippen LogP contribution >= 0.6 is 24.0 Å². The van der Waals surface area contributed by atoms with Crippen molar-refractivity contribution in [2.45, 2.75) is 32.7 Å². The van der Waals surface area contributed by atoms with Crippen molar-refractivity contribution in [3.8, 4) is 5.75 Å². The van der Waals surface area contributed by atoms with Gasteiger partial charge in [0.1, 0.15) is 11.6 Å². The highest BCUT2D eigenvalue weighted by atomic mass is 127. The van der Waals surface area contributed by atoms with Gasteiger partial charge in [0, 0.05) is 38.8 Å². The number of ether oxygens (including phenoxy) is 1. The number of halogens is 7. The van der Waals surface area contributed by atoms with Crippen molar-refractivity contribution in [2.75, 3.05) is 39.8 Å². The van der Waals surface area contributed by atoms with E-state index in [1.165, 1.54) is 24.1 Å². The standard InChI is InChI=1S/C19H26F6N4O.HI/c1-3-28(12-19(23,24)25)10-13-7-8-29(11-13)18(26-2)27-9-14-15(20)5-4-6-16(14)30-17(21)22;/h4-6,13,17H,3,7-12H2,1-2H3,(H,26,27);1H. The third kappa shape index (κ3) is 8.91. The molecule has 1 aromatic carbocycles. The lowest BCUT2D eigenvalue weighted by Gasteiger charge is -2.26. The van der Waals surface area contributed by atoms with E-state index in [1.54, 1.807) is 6.92 Å². The summed E-state index contributed by atoms with van der Waals surface area (Å²) < 4.78 is 81.6. The Balaban J connectivity index is 0.00000480. The number of guanidine groups is 1. The van der Waals surface area contributed by atoms with Gasteiger partial charge in [-0.3, -0.25) is 9.89 Å². The minimum Gasteiger partial charge on any atom is -0.434 e. The van der Waals surface area contributed by atoms with Crippen LogP contribution in [0, 0.1) is 11.7 Å². The number of nitrogens with one attached hydrogen (secondary N) is 1. The molecule has 1 heterocycles. The van der Waals surface area contributed by atoms with Crippen LogP contribution in [0.3, 0.4) is 0 Å². The van der Waals surface area contributed by atoms with E-state index in [2.05, 4.69) is 15.0 Å². The molecular formula is C19H27F6IN4O. The molecule has 1 aliphatic rings. The van der Waals surface area contributed by atoms with Crippen LogP contribution in [0.5, 0.6) is 5.75 Å². The highest BCUT2D eigenvalue weighted by molar-refractivity contribution is 14.0. The lowest BCUT2D eigenvalue weighted by molar-refractivity contribution is -0.146. The molecule has 1 unspecified atom stereocenters. The molecule has 1 saturated heterocycles. The van der Waals surface area contributed by atoms with Gasteiger partial charge in [-0.05, 0) is 31.0 Å². The van der Waals surface area contributed by atoms with E-state index in [-0.39, 0.29) is 47.8 Å². The topological polar surface area (TPSA) is 40.1 Å². The number of nitrogens with zero attached hydrogens (tertiary/aromatic N) is 3. The van der Waals surface area contributed by atoms with Crippen molar-refractivity contribution in [1.82, 2.24) is 15.1 Å². The van der Waals surface area contributed by atoms with E-state index in [4.69, 9.17) is 0 Å². The molecule has 0 aromatic heterocycles. The van der Waals surface area contributed by atoms with Crippen molar-refractivity contribution in [1.29, 1.82) is 0 Å². The van der Waals surface area contributed by atoms with E-state index in [9.17, 15) is 26.3 Å². The van der Waals surface area contributed by atoms with Gasteiger partial charge in [0.05, 0.1) is 6.54 Å². The van der Waals surface area contributed by atoms with E-state index in [0.717, 1.165) is 6.07 Å². The molecular weight excluding hydrogens is 541 g/mol. The predicted octanol–water partition coefficient (Wildman–Crippen LogP) is 4.33. The second-order valence-corrected chi connectivity index (χ2v) is 7.04. The normalized spacial score (nSPS) is 17.3. The summed E-state index contributed by atoms with van der Waals surface area (Å²) in [6.07, 6.45) is -3.56. The maximum Gasteiger partial charge on any atom is 0.401 e. The summed E-state index contributed by atoms with van der Waals surface area (Å²) in [5.41, 5.74) is -0.0583. The molecule has 1 fully saturated rings. The van der Waals surface area contributed by atoms with Gasteiger partial charge in [0.2, 0.25) is 0 Å². The number of aliphatic imine (C=N–C) groups is 1. The fourth-order valence-corrected chi connectivity index (χ4v) is 3.51. The molecule has 0 radical (unpaired) electrons. The number of hydrogen-bond acceptors (Lipinski definition) is 3. The third-order valence-corrected chi connectivity index (χ3v) is 4.88. The van der Waals surface area contributed by atoms with E-state index in [0.29, 0.717) is 38.6 Å². The summed E-state index contributed by atoms with van der Waals surface area (Å²) in [5, 5.41) is 2.93. The van der Waals surface area contributed by atoms with Gasteiger partial charge >= 0.3 is 12.8 Å². The Morgan fingerprint density at radius 2 is 2.06 bits per heavy atom. The van der Waals surface area contributed by atoms with Crippen molar-refractivity contribution in [3.05, 3.63) is 29.6 Å². The maximum absolute atomic E-state index is 14.1. The smallest absolute Gasteiger partial charge is 0.401 e. The monoisotopic (exact) mass is 568 g/mol. The van der Waals surface area contributed by atoms with Gasteiger partial charge in [0.25, 0.3) is 0 Å². The zero-order valence-electron chi connectivity index (χ0n) is 17.3. The second kappa shape index (κ2) is 12.6. The van der Waals surface area contributed by atoms with Gasteiger partial charge < -0.3 is 15.0 Å². The molecule has 31 heavy (non-hydrogen) atoms. The van der Waals surface area contributed by atoms with Crippen LogP contribution in [0.1, 0.15) is 18.9 Å². The zero-order valence-corrected chi connectivity index (χ0v) is 19.6. The number of benzene rings is 1. The van der Waals surface area contributed by atoms with Crippen LogP contribution in [0.4, 0.5) is 26.3 Å². The molecule has 0 amide bonds. The number of hydrogen-bond donors (Lipinski definition) is 1. The van der Waals surface area contributed by atoms with Gasteiger partial charge in [-0.15, -0.1) is 24.0 Å². The predicted molar refractivity (Wildman–Crippen MR) is 116 cm³/mol. The van der Waals surface area contributed by atoms with E-state index < -0.39 is 25.1 Å². The molecule has 12 heteroatoms. The minimum atomic E-state index is -4.25. The zero-order chi connectivity index (χ0) is 22.3. The molecule has 178 valence electrons. The highest BCUT2D eigenvalue weighted by Crippen LogP contribution is 2.24. The molecule has 1 aliphatic heterocycles. The van der Waals surface area contributed by atoms with Gasteiger partial charge in [-0.25, -0.2) is 4.39 Å². The van der Waals surface area contributed by atoms with Crippen molar-refractivity contribution in [3.63, 3.8) is 0 Å². The van der Waals surface area contributed by atoms with Crippen LogP contribution in [0.2, 0.25) is 0 Å². The SMILES string of the molecule is CCN(CC1CCN(C(=NC)NCc2c(F)cccc2OC(F)F)C1)CC(F)(F)F.I. The minimum absolute atomic E-state index is 0. The summed E-state index contributed by atoms with van der Waals surface area (Å²) in [6, 6.07) is 3.67. The maximum atomic E-state index is 14.1. The van der Waals surface area contributed by atoms with Crippen molar-refractivity contribution >= 4 is 29.9 Å². The van der Waals surface area contributed by atoms with Gasteiger partial charge in [-0.1, -0.05) is 13.0 Å².